The Balaban J connectivity index is 1.55. The van der Waals surface area contributed by atoms with Gasteiger partial charge in [0.1, 0.15) is 5.75 Å². The molecule has 0 aliphatic rings. The first-order valence-corrected chi connectivity index (χ1v) is 8.94. The van der Waals surface area contributed by atoms with E-state index in [2.05, 4.69) is 15.6 Å². The molecule has 1 aromatic heterocycles. The topological polar surface area (TPSA) is 80.3 Å². The summed E-state index contributed by atoms with van der Waals surface area (Å²) in [6, 6.07) is 17.4. The number of nitrogens with zero attached hydrogens (tertiary/aromatic N) is 1. The van der Waals surface area contributed by atoms with E-state index in [1.807, 2.05) is 18.2 Å². The number of para-hydroxylation sites is 1. The van der Waals surface area contributed by atoms with Crippen LogP contribution in [0.15, 0.2) is 73.1 Å². The molecule has 3 rings (SSSR count). The summed E-state index contributed by atoms with van der Waals surface area (Å²) >= 11 is 5.81. The SMILES string of the molecule is O=C(COc1ccc(Cl)cc1)NCc1ccccc1NC(=O)c1cccnc1. The number of hydrogen-bond donors (Lipinski definition) is 2. The Kier molecular flexibility index (Phi) is 6.59. The number of rotatable bonds is 7. The molecular weight excluding hydrogens is 378 g/mol. The van der Waals surface area contributed by atoms with Crippen molar-refractivity contribution in [2.24, 2.45) is 0 Å². The lowest BCUT2D eigenvalue weighted by Gasteiger charge is -2.12. The van der Waals surface area contributed by atoms with Gasteiger partial charge in [0, 0.05) is 29.6 Å². The van der Waals surface area contributed by atoms with Crippen LogP contribution in [0.5, 0.6) is 5.75 Å². The number of ether oxygens (including phenoxy) is 1. The first-order valence-electron chi connectivity index (χ1n) is 8.56. The second kappa shape index (κ2) is 9.53. The molecule has 0 saturated carbocycles. The maximum absolute atomic E-state index is 12.3. The lowest BCUT2D eigenvalue weighted by atomic mass is 10.1. The molecule has 0 radical (unpaired) electrons. The lowest BCUT2D eigenvalue weighted by Crippen LogP contribution is -2.28. The number of carbonyl (C=O) groups is 2. The second-order valence-electron chi connectivity index (χ2n) is 5.87. The van der Waals surface area contributed by atoms with E-state index in [1.54, 1.807) is 48.7 Å². The van der Waals surface area contributed by atoms with Gasteiger partial charge >= 0.3 is 0 Å². The molecule has 2 N–H and O–H groups in total. The van der Waals surface area contributed by atoms with Crippen LogP contribution in [0.25, 0.3) is 0 Å². The molecule has 142 valence electrons. The normalized spacial score (nSPS) is 10.2. The Morgan fingerprint density at radius 2 is 1.79 bits per heavy atom. The standard InChI is InChI=1S/C21H18ClN3O3/c22-17-7-9-18(10-8-17)28-14-20(26)24-13-15-4-1-2-6-19(15)25-21(27)16-5-3-11-23-12-16/h1-12H,13-14H2,(H,24,26)(H,25,27). The molecule has 6 nitrogen and oxygen atoms in total. The Labute approximate surface area is 167 Å². The number of carbonyl (C=O) groups excluding carboxylic acids is 2. The highest BCUT2D eigenvalue weighted by Gasteiger charge is 2.10. The summed E-state index contributed by atoms with van der Waals surface area (Å²) in [5.74, 6) is 0.0185. The van der Waals surface area contributed by atoms with Gasteiger partial charge in [0.25, 0.3) is 11.8 Å². The van der Waals surface area contributed by atoms with Crippen LogP contribution in [0.4, 0.5) is 5.69 Å². The smallest absolute Gasteiger partial charge is 0.258 e. The maximum atomic E-state index is 12.3. The van der Waals surface area contributed by atoms with Gasteiger partial charge in [0.2, 0.25) is 0 Å². The molecule has 0 fully saturated rings. The van der Waals surface area contributed by atoms with Gasteiger partial charge in [-0.3, -0.25) is 14.6 Å². The third kappa shape index (κ3) is 5.56. The highest BCUT2D eigenvalue weighted by atomic mass is 35.5. The molecule has 0 spiro atoms. The van der Waals surface area contributed by atoms with Crippen molar-refractivity contribution >= 4 is 29.1 Å². The summed E-state index contributed by atoms with van der Waals surface area (Å²) in [6.45, 7) is 0.137. The molecule has 0 saturated heterocycles. The minimum atomic E-state index is -0.275. The van der Waals surface area contributed by atoms with Crippen LogP contribution in [0, 0.1) is 0 Å². The van der Waals surface area contributed by atoms with Crippen molar-refractivity contribution in [2.75, 3.05) is 11.9 Å². The van der Waals surface area contributed by atoms with Crippen molar-refractivity contribution in [3.63, 3.8) is 0 Å². The molecule has 2 aromatic carbocycles. The number of hydrogen-bond acceptors (Lipinski definition) is 4. The first-order chi connectivity index (χ1) is 13.6. The number of pyridine rings is 1. The largest absolute Gasteiger partial charge is 0.484 e. The fourth-order valence-corrected chi connectivity index (χ4v) is 2.54. The van der Waals surface area contributed by atoms with Gasteiger partial charge in [-0.15, -0.1) is 0 Å². The van der Waals surface area contributed by atoms with E-state index in [0.717, 1.165) is 5.56 Å². The Bertz CT molecular complexity index is 947. The van der Waals surface area contributed by atoms with Crippen LogP contribution in [0.1, 0.15) is 15.9 Å². The molecular formula is C21H18ClN3O3. The summed E-state index contributed by atoms with van der Waals surface area (Å²) in [4.78, 5) is 28.3. The van der Waals surface area contributed by atoms with Crippen molar-refractivity contribution in [3.8, 4) is 5.75 Å². The fraction of sp³-hybridized carbons (Fsp3) is 0.0952. The number of aromatic nitrogens is 1. The Hall–Kier alpha value is -3.38. The van der Waals surface area contributed by atoms with E-state index < -0.39 is 0 Å². The van der Waals surface area contributed by atoms with Crippen molar-refractivity contribution in [1.29, 1.82) is 0 Å². The van der Waals surface area contributed by atoms with Gasteiger partial charge in [0.05, 0.1) is 5.56 Å². The van der Waals surface area contributed by atoms with Crippen molar-refractivity contribution in [1.82, 2.24) is 10.3 Å². The average Bonchev–Trinajstić information content (AvgIpc) is 2.73. The van der Waals surface area contributed by atoms with Crippen LogP contribution >= 0.6 is 11.6 Å². The lowest BCUT2D eigenvalue weighted by molar-refractivity contribution is -0.123. The van der Waals surface area contributed by atoms with Crippen molar-refractivity contribution < 1.29 is 14.3 Å². The van der Waals surface area contributed by atoms with Gasteiger partial charge in [-0.25, -0.2) is 0 Å². The highest BCUT2D eigenvalue weighted by Crippen LogP contribution is 2.17. The van der Waals surface area contributed by atoms with E-state index in [-0.39, 0.29) is 25.0 Å². The molecule has 28 heavy (non-hydrogen) atoms. The molecule has 3 aromatic rings. The molecule has 2 amide bonds. The molecule has 0 bridgehead atoms. The third-order valence-corrected chi connectivity index (χ3v) is 4.10. The number of anilines is 1. The zero-order valence-electron chi connectivity index (χ0n) is 14.9. The van der Waals surface area contributed by atoms with E-state index in [4.69, 9.17) is 16.3 Å². The van der Waals surface area contributed by atoms with Crippen LogP contribution in [0.3, 0.4) is 0 Å². The molecule has 0 atom stereocenters. The molecule has 0 aliphatic heterocycles. The summed E-state index contributed by atoms with van der Waals surface area (Å²) in [6.07, 6.45) is 3.10. The van der Waals surface area contributed by atoms with Gasteiger partial charge in [-0.05, 0) is 48.0 Å². The van der Waals surface area contributed by atoms with E-state index in [0.29, 0.717) is 22.0 Å². The van der Waals surface area contributed by atoms with Crippen LogP contribution < -0.4 is 15.4 Å². The minimum absolute atomic E-state index is 0.119. The Morgan fingerprint density at radius 3 is 2.54 bits per heavy atom. The van der Waals surface area contributed by atoms with E-state index in [1.165, 1.54) is 6.20 Å². The summed E-state index contributed by atoms with van der Waals surface area (Å²) in [5, 5.41) is 6.22. The third-order valence-electron chi connectivity index (χ3n) is 3.85. The first kappa shape index (κ1) is 19.4. The number of nitrogens with one attached hydrogen (secondary N) is 2. The van der Waals surface area contributed by atoms with Crippen LogP contribution in [-0.4, -0.2) is 23.4 Å². The summed E-state index contributed by atoms with van der Waals surface area (Å²) < 4.78 is 5.42. The Morgan fingerprint density at radius 1 is 1.00 bits per heavy atom. The summed E-state index contributed by atoms with van der Waals surface area (Å²) in [5.41, 5.74) is 1.85. The van der Waals surface area contributed by atoms with Gasteiger partial charge in [-0.2, -0.15) is 0 Å². The van der Waals surface area contributed by atoms with Crippen molar-refractivity contribution in [2.45, 2.75) is 6.54 Å². The van der Waals surface area contributed by atoms with Gasteiger partial charge < -0.3 is 15.4 Å². The quantitative estimate of drug-likeness (QED) is 0.639. The fourth-order valence-electron chi connectivity index (χ4n) is 2.41. The van der Waals surface area contributed by atoms with E-state index >= 15 is 0 Å². The van der Waals surface area contributed by atoms with E-state index in [9.17, 15) is 9.59 Å². The van der Waals surface area contributed by atoms with Gasteiger partial charge in [0.15, 0.2) is 6.61 Å². The zero-order valence-corrected chi connectivity index (χ0v) is 15.6. The monoisotopic (exact) mass is 395 g/mol. The van der Waals surface area contributed by atoms with Crippen LogP contribution in [-0.2, 0) is 11.3 Å². The molecule has 1 heterocycles. The summed E-state index contributed by atoms with van der Waals surface area (Å²) in [7, 11) is 0. The second-order valence-corrected chi connectivity index (χ2v) is 6.31. The maximum Gasteiger partial charge on any atom is 0.258 e. The minimum Gasteiger partial charge on any atom is -0.484 e. The predicted molar refractivity (Wildman–Crippen MR) is 107 cm³/mol. The van der Waals surface area contributed by atoms with Crippen LogP contribution in [0.2, 0.25) is 5.02 Å². The zero-order chi connectivity index (χ0) is 19.8. The molecule has 0 aliphatic carbocycles. The average molecular weight is 396 g/mol. The molecule has 0 unspecified atom stereocenters. The highest BCUT2D eigenvalue weighted by molar-refractivity contribution is 6.30. The number of amides is 2. The predicted octanol–water partition coefficient (Wildman–Crippen LogP) is 3.68. The number of halogens is 1. The molecule has 7 heteroatoms. The van der Waals surface area contributed by atoms with Gasteiger partial charge in [-0.1, -0.05) is 29.8 Å². The van der Waals surface area contributed by atoms with Crippen molar-refractivity contribution in [3.05, 3.63) is 89.2 Å². The number of benzene rings is 2.